The maximum atomic E-state index is 13.6. The van der Waals surface area contributed by atoms with Gasteiger partial charge in [0.25, 0.3) is 10.0 Å². The molecule has 1 saturated heterocycles. The number of hydrogen-bond donors (Lipinski definition) is 1. The van der Waals surface area contributed by atoms with Gasteiger partial charge in [-0.1, -0.05) is 37.3 Å². The number of nitrogens with zero attached hydrogens (tertiary/aromatic N) is 2. The number of sulfonamides is 1. The van der Waals surface area contributed by atoms with Gasteiger partial charge in [-0.15, -0.1) is 0 Å². The largest absolute Gasteiger partial charge is 0.480 e. The molecule has 0 amide bonds. The standard InChI is InChI=1S/C30H32N2O6S/c1-3-25(21-10-12-23(13-11-21)31-16-6-7-17-31)30(35)38-28-15-14-24(18-20(28)2)39(36,37)32-26-9-5-4-8-22(26)19-27(32)29(33)34/h4-5,8-15,18,25,27H,3,6-7,16-17,19H2,1-2H3,(H,33,34)/t25-,27?/m0/s1. The van der Waals surface area contributed by atoms with Crippen LogP contribution in [-0.4, -0.2) is 44.6 Å². The van der Waals surface area contributed by atoms with Crippen molar-refractivity contribution in [1.82, 2.24) is 0 Å². The quantitative estimate of drug-likeness (QED) is 0.315. The van der Waals surface area contributed by atoms with Gasteiger partial charge in [0.1, 0.15) is 11.8 Å². The maximum Gasteiger partial charge on any atom is 0.327 e. The van der Waals surface area contributed by atoms with E-state index in [1.54, 1.807) is 31.2 Å². The summed E-state index contributed by atoms with van der Waals surface area (Å²) in [4.78, 5) is 27.4. The summed E-state index contributed by atoms with van der Waals surface area (Å²) in [5.74, 6) is -1.82. The van der Waals surface area contributed by atoms with Gasteiger partial charge in [0.15, 0.2) is 0 Å². The van der Waals surface area contributed by atoms with Gasteiger partial charge >= 0.3 is 11.9 Å². The maximum absolute atomic E-state index is 13.6. The number of carbonyl (C=O) groups is 2. The predicted molar refractivity (Wildman–Crippen MR) is 149 cm³/mol. The van der Waals surface area contributed by atoms with E-state index in [4.69, 9.17) is 4.74 Å². The first-order chi connectivity index (χ1) is 18.7. The van der Waals surface area contributed by atoms with Gasteiger partial charge in [0, 0.05) is 25.2 Å². The van der Waals surface area contributed by atoms with Crippen LogP contribution in [0.15, 0.2) is 71.6 Å². The molecule has 0 saturated carbocycles. The Morgan fingerprint density at radius 2 is 1.72 bits per heavy atom. The lowest BCUT2D eigenvalue weighted by Crippen LogP contribution is -2.42. The number of rotatable bonds is 8. The first-order valence-electron chi connectivity index (χ1n) is 13.2. The average molecular weight is 549 g/mol. The fraction of sp³-hybridized carbons (Fsp3) is 0.333. The molecule has 1 unspecified atom stereocenters. The highest BCUT2D eigenvalue weighted by atomic mass is 32.2. The van der Waals surface area contributed by atoms with Crippen LogP contribution in [0.25, 0.3) is 0 Å². The van der Waals surface area contributed by atoms with Crippen LogP contribution in [0.5, 0.6) is 5.75 Å². The van der Waals surface area contributed by atoms with Crippen LogP contribution < -0.4 is 13.9 Å². The second-order valence-corrected chi connectivity index (χ2v) is 11.9. The number of carboxylic acid groups (broad SMARTS) is 1. The topological polar surface area (TPSA) is 104 Å². The van der Waals surface area contributed by atoms with Crippen LogP contribution in [0.1, 0.15) is 48.8 Å². The lowest BCUT2D eigenvalue weighted by atomic mass is 9.96. The Morgan fingerprint density at radius 1 is 1.03 bits per heavy atom. The number of aliphatic carboxylic acids is 1. The van der Waals surface area contributed by atoms with Crippen LogP contribution >= 0.6 is 0 Å². The molecular formula is C30H32N2O6S. The first-order valence-corrected chi connectivity index (χ1v) is 14.7. The highest BCUT2D eigenvalue weighted by Gasteiger charge is 2.42. The van der Waals surface area contributed by atoms with E-state index in [1.165, 1.54) is 31.0 Å². The summed E-state index contributed by atoms with van der Waals surface area (Å²) in [5, 5.41) is 9.74. The lowest BCUT2D eigenvalue weighted by Gasteiger charge is -2.24. The van der Waals surface area contributed by atoms with E-state index in [0.717, 1.165) is 28.6 Å². The molecule has 0 spiro atoms. The zero-order valence-electron chi connectivity index (χ0n) is 22.0. The van der Waals surface area contributed by atoms with Gasteiger partial charge in [-0.05, 0) is 79.3 Å². The molecule has 1 N–H and O–H groups in total. The normalized spacial score (nSPS) is 17.6. The van der Waals surface area contributed by atoms with Crippen molar-refractivity contribution < 1.29 is 27.9 Å². The molecule has 5 rings (SSSR count). The van der Waals surface area contributed by atoms with Crippen molar-refractivity contribution in [3.05, 3.63) is 83.4 Å². The minimum absolute atomic E-state index is 0.0627. The molecule has 8 nitrogen and oxygen atoms in total. The van der Waals surface area contributed by atoms with E-state index in [0.29, 0.717) is 23.2 Å². The van der Waals surface area contributed by atoms with Crippen molar-refractivity contribution in [2.45, 2.75) is 56.4 Å². The number of hydrogen-bond acceptors (Lipinski definition) is 6. The van der Waals surface area contributed by atoms with E-state index in [1.807, 2.05) is 31.2 Å². The summed E-state index contributed by atoms with van der Waals surface area (Å²) >= 11 is 0. The van der Waals surface area contributed by atoms with Crippen LogP contribution in [0, 0.1) is 6.92 Å². The Bertz CT molecular complexity index is 1500. The van der Waals surface area contributed by atoms with Gasteiger partial charge in [-0.25, -0.2) is 13.2 Å². The number of esters is 1. The fourth-order valence-corrected chi connectivity index (χ4v) is 7.19. The van der Waals surface area contributed by atoms with E-state index >= 15 is 0 Å². The molecule has 0 bridgehead atoms. The minimum atomic E-state index is -4.18. The number of ether oxygens (including phenoxy) is 1. The monoisotopic (exact) mass is 548 g/mol. The van der Waals surface area contributed by atoms with E-state index in [2.05, 4.69) is 4.90 Å². The number of carbonyl (C=O) groups excluding carboxylic acids is 1. The fourth-order valence-electron chi connectivity index (χ4n) is 5.46. The zero-order valence-corrected chi connectivity index (χ0v) is 22.9. The van der Waals surface area contributed by atoms with Crippen molar-refractivity contribution in [3.63, 3.8) is 0 Å². The Balaban J connectivity index is 1.35. The Morgan fingerprint density at radius 3 is 2.36 bits per heavy atom. The molecule has 2 aliphatic rings. The van der Waals surface area contributed by atoms with Gasteiger partial charge in [-0.2, -0.15) is 0 Å². The van der Waals surface area contributed by atoms with Crippen molar-refractivity contribution in [2.24, 2.45) is 0 Å². The summed E-state index contributed by atoms with van der Waals surface area (Å²) in [7, 11) is -4.18. The molecule has 39 heavy (non-hydrogen) atoms. The molecule has 204 valence electrons. The van der Waals surface area contributed by atoms with Crippen LogP contribution in [-0.2, 0) is 26.0 Å². The van der Waals surface area contributed by atoms with Crippen molar-refractivity contribution >= 4 is 33.3 Å². The minimum Gasteiger partial charge on any atom is -0.480 e. The highest BCUT2D eigenvalue weighted by Crippen LogP contribution is 2.38. The number of fused-ring (bicyclic) bond motifs is 1. The van der Waals surface area contributed by atoms with Gasteiger partial charge < -0.3 is 14.7 Å². The Labute approximate surface area is 228 Å². The third-order valence-corrected chi connectivity index (χ3v) is 9.40. The average Bonchev–Trinajstić information content (AvgIpc) is 3.59. The summed E-state index contributed by atoms with van der Waals surface area (Å²) in [6.07, 6.45) is 3.03. The summed E-state index contributed by atoms with van der Waals surface area (Å²) in [6.45, 7) is 5.69. The molecule has 3 aromatic carbocycles. The first kappa shape index (κ1) is 26.7. The molecule has 3 aromatic rings. The second-order valence-electron chi connectivity index (χ2n) is 10.1. The Hall–Kier alpha value is -3.85. The van der Waals surface area contributed by atoms with E-state index in [-0.39, 0.29) is 17.1 Å². The van der Waals surface area contributed by atoms with Crippen LogP contribution in [0.4, 0.5) is 11.4 Å². The van der Waals surface area contributed by atoms with Gasteiger partial charge in [0.2, 0.25) is 0 Å². The van der Waals surface area contributed by atoms with E-state index in [9.17, 15) is 23.1 Å². The molecule has 0 aromatic heterocycles. The third-order valence-electron chi connectivity index (χ3n) is 7.58. The molecule has 0 radical (unpaired) electrons. The third kappa shape index (κ3) is 5.11. The number of aryl methyl sites for hydroxylation is 1. The SMILES string of the molecule is CC[C@H](C(=O)Oc1ccc(S(=O)(=O)N2c3ccccc3CC2C(=O)O)cc1C)c1ccc(N2CCCC2)cc1. The molecule has 2 heterocycles. The molecule has 9 heteroatoms. The lowest BCUT2D eigenvalue weighted by molar-refractivity contribution is -0.138. The summed E-state index contributed by atoms with van der Waals surface area (Å²) in [6, 6.07) is 17.8. The van der Waals surface area contributed by atoms with Crippen molar-refractivity contribution in [2.75, 3.05) is 22.3 Å². The summed E-state index contributed by atoms with van der Waals surface area (Å²) in [5.41, 5.74) is 3.50. The van der Waals surface area contributed by atoms with Gasteiger partial charge in [-0.3, -0.25) is 9.10 Å². The van der Waals surface area contributed by atoms with Crippen LogP contribution in [0.2, 0.25) is 0 Å². The number of anilines is 2. The van der Waals surface area contributed by atoms with Gasteiger partial charge in [0.05, 0.1) is 16.5 Å². The molecular weight excluding hydrogens is 516 g/mol. The summed E-state index contributed by atoms with van der Waals surface area (Å²) < 4.78 is 33.9. The van der Waals surface area contributed by atoms with Crippen LogP contribution in [0.3, 0.4) is 0 Å². The number of para-hydroxylation sites is 1. The van der Waals surface area contributed by atoms with Crippen molar-refractivity contribution in [3.8, 4) is 5.75 Å². The number of carboxylic acids is 1. The number of benzene rings is 3. The molecule has 2 aliphatic heterocycles. The zero-order chi connectivity index (χ0) is 27.7. The predicted octanol–water partition coefficient (Wildman–Crippen LogP) is 4.90. The highest BCUT2D eigenvalue weighted by molar-refractivity contribution is 7.93. The smallest absolute Gasteiger partial charge is 0.327 e. The Kier molecular flexibility index (Phi) is 7.36. The molecule has 0 aliphatic carbocycles. The van der Waals surface area contributed by atoms with Crippen molar-refractivity contribution in [1.29, 1.82) is 0 Å². The molecule has 1 fully saturated rings. The molecule has 2 atom stereocenters. The van der Waals surface area contributed by atoms with E-state index < -0.39 is 33.9 Å². The second kappa shape index (κ2) is 10.7.